The van der Waals surface area contributed by atoms with Crippen LogP contribution in [0.2, 0.25) is 0 Å². The van der Waals surface area contributed by atoms with Crippen LogP contribution in [0, 0.1) is 0 Å². The molecule has 2 rings (SSSR count). The standard InChI is InChI=1S/C9H8.C4H4O4/c1-2-5-9-7-3-6-8(9)4-1;5-3(6)1-2-4(7)8/h1-6H,7H2;1-2H,(H,5,6)(H,7,8)/b;2-1+. The Balaban J connectivity index is 0.000000172. The highest BCUT2D eigenvalue weighted by atomic mass is 16.4. The third-order valence-electron chi connectivity index (χ3n) is 2.06. The van der Waals surface area contributed by atoms with Gasteiger partial charge in [0.25, 0.3) is 0 Å². The molecular formula is C13H12O4. The van der Waals surface area contributed by atoms with Gasteiger partial charge in [-0.1, -0.05) is 36.4 Å². The van der Waals surface area contributed by atoms with Crippen LogP contribution in [-0.4, -0.2) is 22.2 Å². The van der Waals surface area contributed by atoms with E-state index in [9.17, 15) is 9.59 Å². The van der Waals surface area contributed by atoms with Crippen LogP contribution < -0.4 is 0 Å². The lowest BCUT2D eigenvalue weighted by Crippen LogP contribution is -1.91. The molecular weight excluding hydrogens is 220 g/mol. The van der Waals surface area contributed by atoms with Gasteiger partial charge in [-0.05, 0) is 17.5 Å². The minimum absolute atomic E-state index is 0.558. The summed E-state index contributed by atoms with van der Waals surface area (Å²) in [6.07, 6.45) is 6.61. The van der Waals surface area contributed by atoms with Crippen molar-refractivity contribution in [3.05, 3.63) is 53.6 Å². The molecule has 0 amide bonds. The van der Waals surface area contributed by atoms with E-state index in [-0.39, 0.29) is 0 Å². The van der Waals surface area contributed by atoms with Crippen molar-refractivity contribution in [1.29, 1.82) is 0 Å². The van der Waals surface area contributed by atoms with Crippen LogP contribution in [0.5, 0.6) is 0 Å². The quantitative estimate of drug-likeness (QED) is 0.764. The maximum absolute atomic E-state index is 9.55. The molecule has 1 aliphatic rings. The number of hydrogen-bond acceptors (Lipinski definition) is 2. The SMILES string of the molecule is C1=Cc2ccccc2C1.O=C(O)/C=C/C(=O)O. The summed E-state index contributed by atoms with van der Waals surface area (Å²) in [6.45, 7) is 0. The molecule has 4 nitrogen and oxygen atoms in total. The molecule has 17 heavy (non-hydrogen) atoms. The zero-order chi connectivity index (χ0) is 12.7. The third kappa shape index (κ3) is 4.79. The van der Waals surface area contributed by atoms with Gasteiger partial charge in [-0.3, -0.25) is 0 Å². The molecule has 4 heteroatoms. The monoisotopic (exact) mass is 232 g/mol. The van der Waals surface area contributed by atoms with E-state index < -0.39 is 11.9 Å². The first-order valence-electron chi connectivity index (χ1n) is 4.98. The van der Waals surface area contributed by atoms with E-state index in [4.69, 9.17) is 10.2 Å². The van der Waals surface area contributed by atoms with Crippen molar-refractivity contribution in [1.82, 2.24) is 0 Å². The van der Waals surface area contributed by atoms with Gasteiger partial charge in [-0.15, -0.1) is 0 Å². The van der Waals surface area contributed by atoms with Crippen LogP contribution in [0.1, 0.15) is 11.1 Å². The highest BCUT2D eigenvalue weighted by Gasteiger charge is 2.00. The number of hydrogen-bond donors (Lipinski definition) is 2. The summed E-state index contributed by atoms with van der Waals surface area (Å²) >= 11 is 0. The largest absolute Gasteiger partial charge is 0.478 e. The summed E-state index contributed by atoms with van der Waals surface area (Å²) in [7, 11) is 0. The van der Waals surface area contributed by atoms with Gasteiger partial charge in [0.15, 0.2) is 0 Å². The molecule has 0 aliphatic heterocycles. The molecule has 1 aromatic carbocycles. The first-order valence-corrected chi connectivity index (χ1v) is 4.98. The molecule has 1 aliphatic carbocycles. The van der Waals surface area contributed by atoms with E-state index in [1.807, 2.05) is 0 Å². The Morgan fingerprint density at radius 2 is 1.65 bits per heavy atom. The highest BCUT2D eigenvalue weighted by molar-refractivity contribution is 5.89. The second-order valence-electron chi connectivity index (χ2n) is 3.32. The summed E-state index contributed by atoms with van der Waals surface area (Å²) in [5.74, 6) is -2.51. The Kier molecular flexibility index (Phi) is 4.69. The van der Waals surface area contributed by atoms with Gasteiger partial charge in [0.05, 0.1) is 0 Å². The van der Waals surface area contributed by atoms with E-state index in [1.54, 1.807) is 0 Å². The molecule has 0 radical (unpaired) electrons. The summed E-state index contributed by atoms with van der Waals surface area (Å²) < 4.78 is 0. The van der Waals surface area contributed by atoms with Crippen LogP contribution in [0.15, 0.2) is 42.5 Å². The fourth-order valence-corrected chi connectivity index (χ4v) is 1.34. The zero-order valence-electron chi connectivity index (χ0n) is 9.04. The molecule has 0 aromatic heterocycles. The van der Waals surface area contributed by atoms with Crippen LogP contribution in [0.4, 0.5) is 0 Å². The molecule has 0 unspecified atom stereocenters. The number of carboxylic acids is 2. The lowest BCUT2D eigenvalue weighted by molar-refractivity contribution is -0.134. The van der Waals surface area contributed by atoms with Crippen LogP contribution in [0.3, 0.4) is 0 Å². The van der Waals surface area contributed by atoms with Crippen molar-refractivity contribution in [2.75, 3.05) is 0 Å². The number of rotatable bonds is 2. The van der Waals surface area contributed by atoms with Crippen molar-refractivity contribution in [2.24, 2.45) is 0 Å². The third-order valence-corrected chi connectivity index (χ3v) is 2.06. The fourth-order valence-electron chi connectivity index (χ4n) is 1.34. The number of benzene rings is 1. The zero-order valence-corrected chi connectivity index (χ0v) is 9.04. The number of fused-ring (bicyclic) bond motifs is 1. The first-order chi connectivity index (χ1) is 8.09. The van der Waals surface area contributed by atoms with Crippen molar-refractivity contribution < 1.29 is 19.8 Å². The van der Waals surface area contributed by atoms with Crippen molar-refractivity contribution in [3.8, 4) is 0 Å². The Labute approximate surface area is 98.5 Å². The number of carbonyl (C=O) groups is 2. The smallest absolute Gasteiger partial charge is 0.328 e. The molecule has 0 atom stereocenters. The fraction of sp³-hybridized carbons (Fsp3) is 0.0769. The highest BCUT2D eigenvalue weighted by Crippen LogP contribution is 2.17. The molecule has 0 fully saturated rings. The topological polar surface area (TPSA) is 74.6 Å². The van der Waals surface area contributed by atoms with Crippen LogP contribution in [-0.2, 0) is 16.0 Å². The van der Waals surface area contributed by atoms with Gasteiger partial charge < -0.3 is 10.2 Å². The van der Waals surface area contributed by atoms with Gasteiger partial charge >= 0.3 is 11.9 Å². The molecule has 0 saturated heterocycles. The van der Waals surface area contributed by atoms with Crippen molar-refractivity contribution in [2.45, 2.75) is 6.42 Å². The average Bonchev–Trinajstić information content (AvgIpc) is 2.75. The second-order valence-corrected chi connectivity index (χ2v) is 3.32. The number of carboxylic acid groups (broad SMARTS) is 2. The molecule has 2 N–H and O–H groups in total. The van der Waals surface area contributed by atoms with E-state index in [0.717, 1.165) is 6.42 Å². The maximum atomic E-state index is 9.55. The summed E-state index contributed by atoms with van der Waals surface area (Å²) in [6, 6.07) is 8.49. The van der Waals surface area contributed by atoms with E-state index in [1.165, 1.54) is 11.1 Å². The second kappa shape index (κ2) is 6.27. The van der Waals surface area contributed by atoms with Crippen molar-refractivity contribution in [3.63, 3.8) is 0 Å². The van der Waals surface area contributed by atoms with Gasteiger partial charge in [-0.2, -0.15) is 0 Å². The number of allylic oxidation sites excluding steroid dienone is 1. The molecule has 1 aromatic rings. The maximum Gasteiger partial charge on any atom is 0.328 e. The minimum atomic E-state index is -1.26. The van der Waals surface area contributed by atoms with E-state index in [0.29, 0.717) is 12.2 Å². The molecule has 0 bridgehead atoms. The van der Waals surface area contributed by atoms with Crippen molar-refractivity contribution >= 4 is 18.0 Å². The summed E-state index contributed by atoms with van der Waals surface area (Å²) in [4.78, 5) is 19.1. The van der Waals surface area contributed by atoms with Gasteiger partial charge in [-0.25, -0.2) is 9.59 Å². The predicted molar refractivity (Wildman–Crippen MR) is 63.6 cm³/mol. The minimum Gasteiger partial charge on any atom is -0.478 e. The lowest BCUT2D eigenvalue weighted by Gasteiger charge is -1.93. The van der Waals surface area contributed by atoms with Crippen LogP contribution in [0.25, 0.3) is 6.08 Å². The molecule has 0 spiro atoms. The van der Waals surface area contributed by atoms with Crippen LogP contribution >= 0.6 is 0 Å². The average molecular weight is 232 g/mol. The summed E-state index contributed by atoms with van der Waals surface area (Å²) in [5, 5.41) is 15.6. The molecule has 0 heterocycles. The molecule has 0 saturated carbocycles. The number of aliphatic carboxylic acids is 2. The Bertz CT molecular complexity index is 456. The Hall–Kier alpha value is -2.36. The Morgan fingerprint density at radius 3 is 2.18 bits per heavy atom. The lowest BCUT2D eigenvalue weighted by atomic mass is 10.1. The van der Waals surface area contributed by atoms with Gasteiger partial charge in [0.1, 0.15) is 0 Å². The van der Waals surface area contributed by atoms with Gasteiger partial charge in [0.2, 0.25) is 0 Å². The summed E-state index contributed by atoms with van der Waals surface area (Å²) in [5.41, 5.74) is 2.84. The Morgan fingerprint density at radius 1 is 1.06 bits per heavy atom. The van der Waals surface area contributed by atoms with E-state index >= 15 is 0 Å². The predicted octanol–water partition coefficient (Wildman–Crippen LogP) is 1.97. The normalized spacial score (nSPS) is 11.8. The molecule has 88 valence electrons. The first kappa shape index (κ1) is 12.7. The van der Waals surface area contributed by atoms with Gasteiger partial charge in [0, 0.05) is 12.2 Å². The van der Waals surface area contributed by atoms with E-state index in [2.05, 4.69) is 36.4 Å².